The van der Waals surface area contributed by atoms with E-state index in [4.69, 9.17) is 11.2 Å². The molecule has 1 atom stereocenters. The molecule has 0 bridgehead atoms. The number of hydrogen-bond donors (Lipinski definition) is 1. The van der Waals surface area contributed by atoms with Crippen molar-refractivity contribution in [2.45, 2.75) is 44.8 Å². The van der Waals surface area contributed by atoms with Gasteiger partial charge < -0.3 is 9.84 Å². The number of terminal acetylenes is 1. The molecule has 1 saturated carbocycles. The van der Waals surface area contributed by atoms with Crippen LogP contribution in [-0.2, 0) is 0 Å². The van der Waals surface area contributed by atoms with Gasteiger partial charge in [-0.25, -0.2) is 0 Å². The molecule has 2 rings (SSSR count). The molecule has 1 fully saturated rings. The van der Waals surface area contributed by atoms with Crippen LogP contribution >= 0.6 is 0 Å². The van der Waals surface area contributed by atoms with E-state index in [1.165, 1.54) is 19.8 Å². The van der Waals surface area contributed by atoms with E-state index in [2.05, 4.69) is 10.8 Å². The Morgan fingerprint density at radius 1 is 1.48 bits per heavy atom. The smallest absolute Gasteiger partial charge is 0.159 e. The summed E-state index contributed by atoms with van der Waals surface area (Å²) in [5.74, 6) is 3.28. The maximum absolute atomic E-state index is 11.4. The second-order valence-corrected chi connectivity index (χ2v) is 6.12. The number of rotatable bonds is 8. The fourth-order valence-corrected chi connectivity index (χ4v) is 3.05. The van der Waals surface area contributed by atoms with Crippen LogP contribution in [0.5, 0.6) is 5.75 Å². The van der Waals surface area contributed by atoms with Gasteiger partial charge in [0.2, 0.25) is 0 Å². The third-order valence-corrected chi connectivity index (χ3v) is 4.26. The van der Waals surface area contributed by atoms with Gasteiger partial charge in [0.05, 0.1) is 6.54 Å². The van der Waals surface area contributed by atoms with E-state index in [1.54, 1.807) is 24.3 Å². The first kappa shape index (κ1) is 17.5. The number of hydrogen-bond acceptors (Lipinski definition) is 4. The molecule has 0 amide bonds. The third-order valence-electron chi connectivity index (χ3n) is 4.26. The van der Waals surface area contributed by atoms with Gasteiger partial charge in [0, 0.05) is 18.2 Å². The van der Waals surface area contributed by atoms with Crippen molar-refractivity contribution in [3.05, 3.63) is 29.8 Å². The Hall–Kier alpha value is -1.83. The minimum absolute atomic E-state index is 0.00238. The SMILES string of the molecule is C#CCN(CC(O)COc1cccc(C(C)=O)c1)C1CCCC1. The molecule has 0 spiro atoms. The lowest BCUT2D eigenvalue weighted by Gasteiger charge is -2.28. The number of carbonyl (C=O) groups excluding carboxylic acids is 1. The molecule has 1 aliphatic carbocycles. The summed E-state index contributed by atoms with van der Waals surface area (Å²) in [7, 11) is 0. The summed E-state index contributed by atoms with van der Waals surface area (Å²) in [6.45, 7) is 2.78. The maximum Gasteiger partial charge on any atom is 0.159 e. The molecule has 0 aliphatic heterocycles. The molecule has 0 radical (unpaired) electrons. The monoisotopic (exact) mass is 315 g/mol. The van der Waals surface area contributed by atoms with E-state index in [0.29, 0.717) is 30.4 Å². The zero-order valence-electron chi connectivity index (χ0n) is 13.7. The Balaban J connectivity index is 1.85. The number of carbonyl (C=O) groups is 1. The summed E-state index contributed by atoms with van der Waals surface area (Å²) in [6.07, 6.45) is 9.60. The zero-order chi connectivity index (χ0) is 16.7. The van der Waals surface area contributed by atoms with Gasteiger partial charge in [-0.05, 0) is 31.9 Å². The van der Waals surface area contributed by atoms with Crippen molar-refractivity contribution in [3.8, 4) is 18.1 Å². The Labute approximate surface area is 138 Å². The molecule has 124 valence electrons. The van der Waals surface area contributed by atoms with Crippen LogP contribution in [-0.4, -0.2) is 47.6 Å². The minimum Gasteiger partial charge on any atom is -0.491 e. The van der Waals surface area contributed by atoms with Gasteiger partial charge in [-0.2, -0.15) is 0 Å². The molecule has 0 heterocycles. The first-order valence-corrected chi connectivity index (χ1v) is 8.19. The van der Waals surface area contributed by atoms with Crippen molar-refractivity contribution in [2.24, 2.45) is 0 Å². The first-order chi connectivity index (χ1) is 11.1. The standard InChI is InChI=1S/C19H25NO3/c1-3-11-20(17-8-4-5-9-17)13-18(22)14-23-19-10-6-7-16(12-19)15(2)21/h1,6-7,10,12,17-18,22H,4-5,8-9,11,13-14H2,2H3. The van der Waals surface area contributed by atoms with Crippen molar-refractivity contribution < 1.29 is 14.6 Å². The third kappa shape index (κ3) is 5.38. The largest absolute Gasteiger partial charge is 0.491 e. The van der Waals surface area contributed by atoms with Crippen LogP contribution in [0.4, 0.5) is 0 Å². The van der Waals surface area contributed by atoms with Crippen LogP contribution in [0.15, 0.2) is 24.3 Å². The highest BCUT2D eigenvalue weighted by Crippen LogP contribution is 2.23. The number of nitrogens with zero attached hydrogens (tertiary/aromatic N) is 1. The van der Waals surface area contributed by atoms with Gasteiger partial charge in [0.1, 0.15) is 18.5 Å². The number of aliphatic hydroxyl groups excluding tert-OH is 1. The summed E-state index contributed by atoms with van der Waals surface area (Å²) in [6, 6.07) is 7.49. The average Bonchev–Trinajstić information content (AvgIpc) is 3.07. The summed E-state index contributed by atoms with van der Waals surface area (Å²) in [5, 5.41) is 10.2. The molecule has 4 heteroatoms. The zero-order valence-corrected chi connectivity index (χ0v) is 13.7. The molecular weight excluding hydrogens is 290 g/mol. The topological polar surface area (TPSA) is 49.8 Å². The number of Topliss-reactive ketones (excluding diaryl/α,β-unsaturated/α-hetero) is 1. The summed E-state index contributed by atoms with van der Waals surface area (Å²) < 4.78 is 5.62. The molecule has 23 heavy (non-hydrogen) atoms. The lowest BCUT2D eigenvalue weighted by atomic mass is 10.1. The quantitative estimate of drug-likeness (QED) is 0.591. The van der Waals surface area contributed by atoms with Crippen LogP contribution in [0.2, 0.25) is 0 Å². The van der Waals surface area contributed by atoms with Crippen LogP contribution in [0.3, 0.4) is 0 Å². The van der Waals surface area contributed by atoms with E-state index >= 15 is 0 Å². The number of aliphatic hydroxyl groups is 1. The van der Waals surface area contributed by atoms with Crippen LogP contribution < -0.4 is 4.74 Å². The van der Waals surface area contributed by atoms with Crippen molar-refractivity contribution >= 4 is 5.78 Å². The lowest BCUT2D eigenvalue weighted by Crippen LogP contribution is -2.41. The molecule has 1 aromatic carbocycles. The highest BCUT2D eigenvalue weighted by molar-refractivity contribution is 5.94. The van der Waals surface area contributed by atoms with Gasteiger partial charge >= 0.3 is 0 Å². The highest BCUT2D eigenvalue weighted by atomic mass is 16.5. The van der Waals surface area contributed by atoms with E-state index in [1.807, 2.05) is 0 Å². The van der Waals surface area contributed by atoms with Crippen molar-refractivity contribution in [1.29, 1.82) is 0 Å². The van der Waals surface area contributed by atoms with Crippen molar-refractivity contribution in [2.75, 3.05) is 19.7 Å². The Kier molecular flexibility index (Phi) is 6.64. The second-order valence-electron chi connectivity index (χ2n) is 6.12. The van der Waals surface area contributed by atoms with Gasteiger partial charge in [-0.1, -0.05) is 30.9 Å². The Bertz CT molecular complexity index is 558. The van der Waals surface area contributed by atoms with Crippen LogP contribution in [0.25, 0.3) is 0 Å². The normalized spacial score (nSPS) is 16.3. The summed E-state index contributed by atoms with van der Waals surface area (Å²) in [5.41, 5.74) is 0.608. The highest BCUT2D eigenvalue weighted by Gasteiger charge is 2.24. The Morgan fingerprint density at radius 3 is 2.87 bits per heavy atom. The molecule has 1 N–H and O–H groups in total. The van der Waals surface area contributed by atoms with E-state index in [-0.39, 0.29) is 12.4 Å². The second kappa shape index (κ2) is 8.71. The maximum atomic E-state index is 11.4. The molecule has 1 aromatic rings. The van der Waals surface area contributed by atoms with Gasteiger partial charge in [-0.15, -0.1) is 6.42 Å². The molecule has 0 saturated heterocycles. The van der Waals surface area contributed by atoms with Crippen LogP contribution in [0, 0.1) is 12.3 Å². The van der Waals surface area contributed by atoms with Gasteiger partial charge in [0.15, 0.2) is 5.78 Å². The lowest BCUT2D eigenvalue weighted by molar-refractivity contribution is 0.0586. The summed E-state index contributed by atoms with van der Waals surface area (Å²) in [4.78, 5) is 13.5. The predicted molar refractivity (Wildman–Crippen MR) is 90.6 cm³/mol. The predicted octanol–water partition coefficient (Wildman–Crippen LogP) is 2.51. The number of ether oxygens (including phenoxy) is 1. The van der Waals surface area contributed by atoms with Crippen LogP contribution in [0.1, 0.15) is 43.0 Å². The van der Waals surface area contributed by atoms with Crippen molar-refractivity contribution in [1.82, 2.24) is 4.90 Å². The number of benzene rings is 1. The summed E-state index contributed by atoms with van der Waals surface area (Å²) >= 11 is 0. The first-order valence-electron chi connectivity index (χ1n) is 8.19. The molecule has 0 aromatic heterocycles. The van der Waals surface area contributed by atoms with E-state index < -0.39 is 6.10 Å². The average molecular weight is 315 g/mol. The number of ketones is 1. The molecule has 4 nitrogen and oxygen atoms in total. The van der Waals surface area contributed by atoms with Gasteiger partial charge in [-0.3, -0.25) is 9.69 Å². The van der Waals surface area contributed by atoms with E-state index in [9.17, 15) is 9.90 Å². The van der Waals surface area contributed by atoms with Crippen molar-refractivity contribution in [3.63, 3.8) is 0 Å². The fourth-order valence-electron chi connectivity index (χ4n) is 3.05. The fraction of sp³-hybridized carbons (Fsp3) is 0.526. The molecule has 1 aliphatic rings. The van der Waals surface area contributed by atoms with E-state index in [0.717, 1.165) is 12.8 Å². The molecular formula is C19H25NO3. The molecule has 1 unspecified atom stereocenters. The van der Waals surface area contributed by atoms with Gasteiger partial charge in [0.25, 0.3) is 0 Å². The minimum atomic E-state index is -0.607. The Morgan fingerprint density at radius 2 is 2.22 bits per heavy atom.